The van der Waals surface area contributed by atoms with Gasteiger partial charge in [0.2, 0.25) is 11.8 Å². The largest absolute Gasteiger partial charge is 0.327 e. The Balaban J connectivity index is 1.56. The molecule has 2 aromatic rings. The summed E-state index contributed by atoms with van der Waals surface area (Å²) in [4.78, 5) is 41.0. The van der Waals surface area contributed by atoms with Crippen LogP contribution in [0.25, 0.3) is 0 Å². The summed E-state index contributed by atoms with van der Waals surface area (Å²) in [6, 6.07) is 13.8. The molecular formula is C21H19FN2O3. The molecule has 5 nitrogen and oxygen atoms in total. The number of nitrogens with zero attached hydrogens (tertiary/aromatic N) is 2. The Hall–Kier alpha value is -3.02. The molecule has 1 unspecified atom stereocenters. The highest BCUT2D eigenvalue weighted by molar-refractivity contribution is 6.23. The zero-order valence-electron chi connectivity index (χ0n) is 14.7. The van der Waals surface area contributed by atoms with Crippen LogP contribution in [-0.4, -0.2) is 34.7 Å². The van der Waals surface area contributed by atoms with E-state index in [9.17, 15) is 18.8 Å². The molecule has 2 aliphatic rings. The van der Waals surface area contributed by atoms with Crippen molar-refractivity contribution in [3.63, 3.8) is 0 Å². The third-order valence-corrected chi connectivity index (χ3v) is 4.97. The minimum atomic E-state index is -0.786. The van der Waals surface area contributed by atoms with E-state index in [-0.39, 0.29) is 30.7 Å². The van der Waals surface area contributed by atoms with E-state index < -0.39 is 17.8 Å². The SMILES string of the molecule is O=C1CC(N(C(=O)Cc2ccccc2)C2CC2)C(=O)N1c1ccc(F)cc1. The van der Waals surface area contributed by atoms with Gasteiger partial charge >= 0.3 is 0 Å². The number of carbonyl (C=O) groups excluding carboxylic acids is 3. The van der Waals surface area contributed by atoms with E-state index in [4.69, 9.17) is 0 Å². The van der Waals surface area contributed by atoms with Crippen molar-refractivity contribution in [1.82, 2.24) is 4.90 Å². The van der Waals surface area contributed by atoms with E-state index in [1.54, 1.807) is 4.90 Å². The molecule has 1 saturated carbocycles. The van der Waals surface area contributed by atoms with Gasteiger partial charge < -0.3 is 4.90 Å². The first-order valence-electron chi connectivity index (χ1n) is 9.02. The normalized spacial score (nSPS) is 19.4. The van der Waals surface area contributed by atoms with E-state index in [0.717, 1.165) is 23.3 Å². The number of hydrogen-bond donors (Lipinski definition) is 0. The Kier molecular flexibility index (Phi) is 4.48. The Morgan fingerprint density at radius 3 is 2.33 bits per heavy atom. The summed E-state index contributed by atoms with van der Waals surface area (Å²) >= 11 is 0. The maximum Gasteiger partial charge on any atom is 0.257 e. The van der Waals surface area contributed by atoms with Crippen molar-refractivity contribution < 1.29 is 18.8 Å². The van der Waals surface area contributed by atoms with Crippen molar-refractivity contribution in [2.45, 2.75) is 37.8 Å². The lowest BCUT2D eigenvalue weighted by molar-refractivity contribution is -0.138. The standard InChI is InChI=1S/C21H19FN2O3/c22-15-6-8-17(9-7-15)24-20(26)13-18(21(24)27)23(16-10-11-16)19(25)12-14-4-2-1-3-5-14/h1-9,16,18H,10-13H2. The van der Waals surface area contributed by atoms with Gasteiger partial charge in [-0.25, -0.2) is 9.29 Å². The third-order valence-electron chi connectivity index (χ3n) is 4.97. The highest BCUT2D eigenvalue weighted by Crippen LogP contribution is 2.34. The van der Waals surface area contributed by atoms with E-state index in [1.165, 1.54) is 24.3 Å². The van der Waals surface area contributed by atoms with E-state index in [0.29, 0.717) is 5.69 Å². The van der Waals surface area contributed by atoms with Crippen LogP contribution in [0, 0.1) is 5.82 Å². The molecule has 2 aromatic carbocycles. The van der Waals surface area contributed by atoms with Gasteiger partial charge in [-0.2, -0.15) is 0 Å². The van der Waals surface area contributed by atoms with Crippen LogP contribution >= 0.6 is 0 Å². The summed E-state index contributed by atoms with van der Waals surface area (Å²) in [6.45, 7) is 0. The van der Waals surface area contributed by atoms with Crippen molar-refractivity contribution in [3.8, 4) is 0 Å². The van der Waals surface area contributed by atoms with Gasteiger partial charge in [0.1, 0.15) is 11.9 Å². The topological polar surface area (TPSA) is 57.7 Å². The number of carbonyl (C=O) groups is 3. The molecule has 138 valence electrons. The summed E-state index contributed by atoms with van der Waals surface area (Å²) < 4.78 is 13.2. The summed E-state index contributed by atoms with van der Waals surface area (Å²) in [5, 5.41) is 0. The monoisotopic (exact) mass is 366 g/mol. The predicted octanol–water partition coefficient (Wildman–Crippen LogP) is 2.69. The Morgan fingerprint density at radius 2 is 1.70 bits per heavy atom. The maximum atomic E-state index is 13.2. The third kappa shape index (κ3) is 3.47. The van der Waals surface area contributed by atoms with Crippen molar-refractivity contribution in [3.05, 3.63) is 66.0 Å². The molecule has 1 aliphatic carbocycles. The fraction of sp³-hybridized carbons (Fsp3) is 0.286. The molecule has 27 heavy (non-hydrogen) atoms. The Labute approximate surface area is 156 Å². The van der Waals surface area contributed by atoms with Crippen LogP contribution in [0.15, 0.2) is 54.6 Å². The summed E-state index contributed by atoms with van der Waals surface area (Å²) in [5.41, 5.74) is 1.21. The minimum absolute atomic E-state index is 0.0103. The van der Waals surface area contributed by atoms with Gasteiger partial charge in [-0.3, -0.25) is 14.4 Å². The van der Waals surface area contributed by atoms with Gasteiger partial charge in [0.05, 0.1) is 18.5 Å². The number of hydrogen-bond acceptors (Lipinski definition) is 3. The van der Waals surface area contributed by atoms with Crippen molar-refractivity contribution >= 4 is 23.4 Å². The molecule has 6 heteroatoms. The first-order chi connectivity index (χ1) is 13.0. The zero-order valence-corrected chi connectivity index (χ0v) is 14.7. The number of amides is 3. The van der Waals surface area contributed by atoms with Gasteiger partial charge in [0, 0.05) is 6.04 Å². The molecule has 1 heterocycles. The minimum Gasteiger partial charge on any atom is -0.327 e. The van der Waals surface area contributed by atoms with Crippen LogP contribution in [0.5, 0.6) is 0 Å². The molecule has 4 rings (SSSR count). The van der Waals surface area contributed by atoms with Gasteiger partial charge in [0.15, 0.2) is 0 Å². The average molecular weight is 366 g/mol. The highest BCUT2D eigenvalue weighted by atomic mass is 19.1. The van der Waals surface area contributed by atoms with Crippen LogP contribution in [0.3, 0.4) is 0 Å². The number of halogens is 1. The van der Waals surface area contributed by atoms with Crippen LogP contribution in [0.1, 0.15) is 24.8 Å². The fourth-order valence-electron chi connectivity index (χ4n) is 3.54. The smallest absolute Gasteiger partial charge is 0.257 e. The lowest BCUT2D eigenvalue weighted by atomic mass is 10.1. The number of anilines is 1. The molecule has 0 spiro atoms. The molecule has 0 radical (unpaired) electrons. The predicted molar refractivity (Wildman–Crippen MR) is 97.3 cm³/mol. The lowest BCUT2D eigenvalue weighted by Gasteiger charge is -2.27. The molecule has 0 aromatic heterocycles. The quantitative estimate of drug-likeness (QED) is 0.765. The molecule has 2 fully saturated rings. The van der Waals surface area contributed by atoms with Crippen molar-refractivity contribution in [2.24, 2.45) is 0 Å². The second kappa shape index (κ2) is 6.95. The number of imide groups is 1. The Morgan fingerprint density at radius 1 is 1.04 bits per heavy atom. The van der Waals surface area contributed by atoms with Gasteiger partial charge in [-0.1, -0.05) is 30.3 Å². The highest BCUT2D eigenvalue weighted by Gasteiger charge is 2.48. The first-order valence-corrected chi connectivity index (χ1v) is 9.02. The van der Waals surface area contributed by atoms with E-state index in [1.807, 2.05) is 30.3 Å². The van der Waals surface area contributed by atoms with Gasteiger partial charge in [-0.15, -0.1) is 0 Å². The van der Waals surface area contributed by atoms with Crippen molar-refractivity contribution in [1.29, 1.82) is 0 Å². The van der Waals surface area contributed by atoms with Crippen molar-refractivity contribution in [2.75, 3.05) is 4.90 Å². The number of benzene rings is 2. The molecule has 1 atom stereocenters. The molecule has 3 amide bonds. The molecular weight excluding hydrogens is 347 g/mol. The van der Waals surface area contributed by atoms with Gasteiger partial charge in [0.25, 0.3) is 5.91 Å². The first kappa shape index (κ1) is 17.4. The summed E-state index contributed by atoms with van der Waals surface area (Å²) in [6.07, 6.45) is 1.85. The van der Waals surface area contributed by atoms with Crippen LogP contribution < -0.4 is 4.90 Å². The van der Waals surface area contributed by atoms with E-state index in [2.05, 4.69) is 0 Å². The zero-order chi connectivity index (χ0) is 19.0. The summed E-state index contributed by atoms with van der Waals surface area (Å²) in [7, 11) is 0. The molecule has 0 bridgehead atoms. The molecule has 0 N–H and O–H groups in total. The van der Waals surface area contributed by atoms with Gasteiger partial charge in [-0.05, 0) is 42.7 Å². The summed E-state index contributed by atoms with van der Waals surface area (Å²) in [5.74, 6) is -1.36. The second-order valence-electron chi connectivity index (χ2n) is 6.96. The van der Waals surface area contributed by atoms with Crippen LogP contribution in [-0.2, 0) is 20.8 Å². The maximum absolute atomic E-state index is 13.2. The van der Waals surface area contributed by atoms with E-state index >= 15 is 0 Å². The lowest BCUT2D eigenvalue weighted by Crippen LogP contribution is -2.47. The fourth-order valence-corrected chi connectivity index (χ4v) is 3.54. The van der Waals surface area contributed by atoms with Crippen LogP contribution in [0.2, 0.25) is 0 Å². The Bertz CT molecular complexity index is 878. The van der Waals surface area contributed by atoms with Crippen LogP contribution in [0.4, 0.5) is 10.1 Å². The molecule has 1 saturated heterocycles. The average Bonchev–Trinajstić information content (AvgIpc) is 3.44. The molecule has 1 aliphatic heterocycles. The number of rotatable bonds is 5. The second-order valence-corrected chi connectivity index (χ2v) is 6.96.